The van der Waals surface area contributed by atoms with Crippen molar-refractivity contribution in [2.45, 2.75) is 187 Å². The second kappa shape index (κ2) is 14.8. The molecule has 0 bridgehead atoms. The van der Waals surface area contributed by atoms with Crippen LogP contribution in [0.15, 0.2) is 108 Å². The molecule has 6 aromatic carbocycles. The molecule has 3 aliphatic carbocycles. The van der Waals surface area contributed by atoms with Gasteiger partial charge in [0.05, 0.1) is 17.0 Å². The molecule has 0 saturated heterocycles. The van der Waals surface area contributed by atoms with E-state index < -0.39 is 0 Å². The molecule has 364 valence electrons. The van der Waals surface area contributed by atoms with Crippen molar-refractivity contribution in [1.29, 1.82) is 0 Å². The van der Waals surface area contributed by atoms with Crippen molar-refractivity contribution in [2.24, 2.45) is 0 Å². The molecule has 5 aliphatic rings. The maximum Gasteiger partial charge on any atom is 0.297 e. The standard InChI is InChI=1S/C67H77BN2O/c1-40-32-55-58-56(33-40)70(53-38-50-48(64(9,10)28-30-66(50,13)14)36-44(53)41-20-18-17-19-21-41)54-34-42(61(2,3)4)22-25-52(54)68(58)60-59(45-37-49-51(39-57(45)71-60)67(15,16)31-29-65(49,11)12)69(55)43-23-24-46-47(35-43)63(7,8)27-26-62(46,5)6/h17-25,32-39H,26-31H2,1-16H3. The summed E-state index contributed by atoms with van der Waals surface area (Å²) >= 11 is 0. The highest BCUT2D eigenvalue weighted by Crippen LogP contribution is 2.56. The van der Waals surface area contributed by atoms with Crippen molar-refractivity contribution < 1.29 is 4.42 Å². The Morgan fingerprint density at radius 1 is 0.479 bits per heavy atom. The van der Waals surface area contributed by atoms with E-state index in [9.17, 15) is 0 Å². The quantitative estimate of drug-likeness (QED) is 0.165. The summed E-state index contributed by atoms with van der Waals surface area (Å²) in [5.41, 5.74) is 26.2. The van der Waals surface area contributed by atoms with E-state index in [0.717, 1.165) is 36.9 Å². The fourth-order valence-electron chi connectivity index (χ4n) is 14.0. The number of aryl methyl sites for hydroxylation is 1. The van der Waals surface area contributed by atoms with E-state index in [1.807, 2.05) is 0 Å². The van der Waals surface area contributed by atoms with E-state index >= 15 is 0 Å². The largest absolute Gasteiger partial charge is 0.468 e. The molecule has 3 heterocycles. The molecule has 0 radical (unpaired) electrons. The molecular formula is C67H77BN2O. The Kier molecular flexibility index (Phi) is 9.73. The first-order valence-electron chi connectivity index (χ1n) is 27.1. The number of furan rings is 1. The first kappa shape index (κ1) is 46.6. The SMILES string of the molecule is Cc1cc2c3c(c1)N(c1ccc4c(c1)C(C)(C)CCC4(C)C)c1c(oc4cc5c(cc14)C(C)(C)CCC5(C)C)B3c1ccc(C(C)(C)C)cc1N2c1cc2c(cc1-c1ccccc1)C(C)(C)CCC2(C)C. The first-order chi connectivity index (χ1) is 33.2. The van der Waals surface area contributed by atoms with Gasteiger partial charge in [-0.1, -0.05) is 152 Å². The van der Waals surface area contributed by atoms with E-state index in [1.54, 1.807) is 0 Å². The van der Waals surface area contributed by atoms with Gasteiger partial charge in [-0.2, -0.15) is 0 Å². The van der Waals surface area contributed by atoms with E-state index in [2.05, 4.69) is 224 Å². The normalized spacial score (nSPS) is 20.4. The van der Waals surface area contributed by atoms with Crippen molar-refractivity contribution in [3.8, 4) is 11.1 Å². The summed E-state index contributed by atoms with van der Waals surface area (Å²) in [4.78, 5) is 5.35. The van der Waals surface area contributed by atoms with E-state index in [4.69, 9.17) is 4.42 Å². The lowest BCUT2D eigenvalue weighted by Crippen LogP contribution is -2.61. The van der Waals surface area contributed by atoms with Crippen LogP contribution < -0.4 is 26.4 Å². The van der Waals surface area contributed by atoms with Crippen molar-refractivity contribution >= 4 is 68.4 Å². The third-order valence-corrected chi connectivity index (χ3v) is 19.0. The Hall–Kier alpha value is -5.48. The van der Waals surface area contributed by atoms with Gasteiger partial charge in [-0.3, -0.25) is 0 Å². The average Bonchev–Trinajstić information content (AvgIpc) is 3.68. The summed E-state index contributed by atoms with van der Waals surface area (Å²) in [7, 11) is 0. The predicted molar refractivity (Wildman–Crippen MR) is 305 cm³/mol. The van der Waals surface area contributed by atoms with Gasteiger partial charge in [0.2, 0.25) is 0 Å². The number of fused-ring (bicyclic) bond motifs is 9. The molecule has 12 rings (SSSR count). The fraction of sp³-hybridized carbons (Fsp3) is 0.433. The van der Waals surface area contributed by atoms with Gasteiger partial charge in [-0.15, -0.1) is 0 Å². The molecule has 0 fully saturated rings. The summed E-state index contributed by atoms with van der Waals surface area (Å²) in [5.74, 6) is 0. The van der Waals surface area contributed by atoms with Crippen LogP contribution in [0.25, 0.3) is 22.1 Å². The van der Waals surface area contributed by atoms with Crippen LogP contribution in [0.1, 0.15) is 187 Å². The summed E-state index contributed by atoms with van der Waals surface area (Å²) < 4.78 is 7.69. The minimum atomic E-state index is -0.126. The molecule has 0 atom stereocenters. The third-order valence-electron chi connectivity index (χ3n) is 19.0. The molecule has 0 saturated carbocycles. The van der Waals surface area contributed by atoms with Crippen molar-refractivity contribution in [3.05, 3.63) is 148 Å². The van der Waals surface area contributed by atoms with E-state index in [1.165, 1.54) is 119 Å². The van der Waals surface area contributed by atoms with Crippen LogP contribution in [0.2, 0.25) is 0 Å². The van der Waals surface area contributed by atoms with Gasteiger partial charge in [0.25, 0.3) is 6.71 Å². The molecule has 71 heavy (non-hydrogen) atoms. The Balaban J connectivity index is 1.22. The number of anilines is 6. The fourth-order valence-corrected chi connectivity index (χ4v) is 14.0. The van der Waals surface area contributed by atoms with Gasteiger partial charge in [-0.05, 0) is 199 Å². The lowest BCUT2D eigenvalue weighted by atomic mass is 9.35. The molecule has 0 N–H and O–H groups in total. The van der Waals surface area contributed by atoms with Gasteiger partial charge in [0.15, 0.2) is 0 Å². The van der Waals surface area contributed by atoms with Gasteiger partial charge in [0, 0.05) is 33.7 Å². The molecule has 3 nitrogen and oxygen atoms in total. The third kappa shape index (κ3) is 6.88. The monoisotopic (exact) mass is 937 g/mol. The highest BCUT2D eigenvalue weighted by Gasteiger charge is 2.50. The Labute approximate surface area is 426 Å². The molecule has 0 amide bonds. The average molecular weight is 937 g/mol. The summed E-state index contributed by atoms with van der Waals surface area (Å²) in [6.07, 6.45) is 6.99. The predicted octanol–water partition coefficient (Wildman–Crippen LogP) is 16.8. The van der Waals surface area contributed by atoms with Crippen molar-refractivity contribution in [2.75, 3.05) is 9.80 Å². The smallest absolute Gasteiger partial charge is 0.297 e. The van der Waals surface area contributed by atoms with Crippen LogP contribution >= 0.6 is 0 Å². The van der Waals surface area contributed by atoms with Gasteiger partial charge < -0.3 is 14.2 Å². The first-order valence-corrected chi connectivity index (χ1v) is 27.1. The molecule has 2 aliphatic heterocycles. The van der Waals surface area contributed by atoms with Gasteiger partial charge >= 0.3 is 0 Å². The minimum absolute atomic E-state index is 0.0202. The van der Waals surface area contributed by atoms with Crippen molar-refractivity contribution in [1.82, 2.24) is 0 Å². The zero-order chi connectivity index (χ0) is 50.3. The van der Waals surface area contributed by atoms with E-state index in [0.29, 0.717) is 0 Å². The molecule has 1 aromatic heterocycles. The van der Waals surface area contributed by atoms with Crippen LogP contribution in [0.5, 0.6) is 0 Å². The van der Waals surface area contributed by atoms with E-state index in [-0.39, 0.29) is 44.6 Å². The van der Waals surface area contributed by atoms with Crippen LogP contribution in [0.4, 0.5) is 34.1 Å². The van der Waals surface area contributed by atoms with Crippen LogP contribution in [-0.2, 0) is 37.9 Å². The van der Waals surface area contributed by atoms with Crippen LogP contribution in [0.3, 0.4) is 0 Å². The topological polar surface area (TPSA) is 19.6 Å². The Morgan fingerprint density at radius 3 is 1.59 bits per heavy atom. The molecule has 7 aromatic rings. The minimum Gasteiger partial charge on any atom is -0.468 e. The Bertz CT molecular complexity index is 3390. The molecule has 0 unspecified atom stereocenters. The lowest BCUT2D eigenvalue weighted by Gasteiger charge is -2.46. The second-order valence-electron chi connectivity index (χ2n) is 27.9. The number of hydrogen-bond acceptors (Lipinski definition) is 3. The van der Waals surface area contributed by atoms with Gasteiger partial charge in [-0.25, -0.2) is 0 Å². The number of benzene rings is 6. The zero-order valence-electron chi connectivity index (χ0n) is 45.9. The number of hydrogen-bond donors (Lipinski definition) is 0. The molecule has 4 heteroatoms. The summed E-state index contributed by atoms with van der Waals surface area (Å²) in [6, 6.07) is 41.4. The maximum atomic E-state index is 7.69. The molecule has 0 spiro atoms. The van der Waals surface area contributed by atoms with Crippen molar-refractivity contribution in [3.63, 3.8) is 0 Å². The highest BCUT2D eigenvalue weighted by molar-refractivity contribution is 7.00. The van der Waals surface area contributed by atoms with Crippen LogP contribution in [0, 0.1) is 6.92 Å². The second-order valence-corrected chi connectivity index (χ2v) is 27.9. The molecular weight excluding hydrogens is 860 g/mol. The summed E-state index contributed by atoms with van der Waals surface area (Å²) in [5, 5.41) is 1.22. The van der Waals surface area contributed by atoms with Crippen LogP contribution in [-0.4, -0.2) is 6.71 Å². The number of rotatable bonds is 3. The maximum absolute atomic E-state index is 7.69. The number of nitrogens with zero attached hydrogens (tertiary/aromatic N) is 2. The zero-order valence-corrected chi connectivity index (χ0v) is 45.9. The van der Waals surface area contributed by atoms with Gasteiger partial charge in [0.1, 0.15) is 5.58 Å². The Morgan fingerprint density at radius 2 is 1.00 bits per heavy atom. The summed E-state index contributed by atoms with van der Waals surface area (Å²) in [6.45, 7) is 38.8. The highest BCUT2D eigenvalue weighted by atomic mass is 16.3. The lowest BCUT2D eigenvalue weighted by molar-refractivity contribution is 0.332.